The van der Waals surface area contributed by atoms with E-state index in [4.69, 9.17) is 4.74 Å². The van der Waals surface area contributed by atoms with Crippen LogP contribution in [0.2, 0.25) is 0 Å². The summed E-state index contributed by atoms with van der Waals surface area (Å²) in [5.41, 5.74) is 4.31. The molecule has 0 aliphatic heterocycles. The largest absolute Gasteiger partial charge is 0.483 e. The standard InChI is InChI=1S/C25H24FN3O2/c1-17-11-12-18(2)23(13-17)31-16-25(30)27-14-24-28-21-9-5-6-10-22(21)29(24)15-19-7-3-4-8-20(19)26/h3-13H,14-16H2,1-2H3,(H,27,30). The van der Waals surface area contributed by atoms with Crippen LogP contribution in [0.25, 0.3) is 11.0 Å². The average molecular weight is 417 g/mol. The maximum atomic E-state index is 14.2. The Hall–Kier alpha value is -3.67. The van der Waals surface area contributed by atoms with Crippen LogP contribution >= 0.6 is 0 Å². The van der Waals surface area contributed by atoms with Crippen LogP contribution in [0, 0.1) is 19.7 Å². The molecule has 0 spiro atoms. The molecule has 0 unspecified atom stereocenters. The third kappa shape index (κ3) is 4.74. The highest BCUT2D eigenvalue weighted by Crippen LogP contribution is 2.20. The molecule has 0 bridgehead atoms. The van der Waals surface area contributed by atoms with Gasteiger partial charge >= 0.3 is 0 Å². The van der Waals surface area contributed by atoms with Crippen LogP contribution in [0.4, 0.5) is 4.39 Å². The van der Waals surface area contributed by atoms with E-state index in [9.17, 15) is 9.18 Å². The van der Waals surface area contributed by atoms with Gasteiger partial charge in [-0.2, -0.15) is 0 Å². The Kier molecular flexibility index (Phi) is 5.98. The van der Waals surface area contributed by atoms with Crippen LogP contribution < -0.4 is 10.1 Å². The van der Waals surface area contributed by atoms with Gasteiger partial charge in [0.15, 0.2) is 6.61 Å². The molecule has 158 valence electrons. The lowest BCUT2D eigenvalue weighted by molar-refractivity contribution is -0.123. The Bertz CT molecular complexity index is 1230. The zero-order chi connectivity index (χ0) is 21.8. The second-order valence-electron chi connectivity index (χ2n) is 7.53. The molecule has 0 aliphatic carbocycles. The predicted octanol–water partition coefficient (Wildman–Crippen LogP) is 4.54. The van der Waals surface area contributed by atoms with Crippen LogP contribution in [0.15, 0.2) is 66.7 Å². The number of para-hydroxylation sites is 2. The van der Waals surface area contributed by atoms with E-state index in [2.05, 4.69) is 10.3 Å². The van der Waals surface area contributed by atoms with Crippen molar-refractivity contribution >= 4 is 16.9 Å². The van der Waals surface area contributed by atoms with Crippen LogP contribution in [0.3, 0.4) is 0 Å². The van der Waals surface area contributed by atoms with Gasteiger partial charge in [0.05, 0.1) is 24.1 Å². The second-order valence-corrected chi connectivity index (χ2v) is 7.53. The molecule has 0 fully saturated rings. The fraction of sp³-hybridized carbons (Fsp3) is 0.200. The van der Waals surface area contributed by atoms with Gasteiger partial charge in [0.1, 0.15) is 17.4 Å². The zero-order valence-corrected chi connectivity index (χ0v) is 17.6. The molecule has 0 saturated carbocycles. The molecule has 31 heavy (non-hydrogen) atoms. The van der Waals surface area contributed by atoms with Crippen molar-refractivity contribution in [2.45, 2.75) is 26.9 Å². The van der Waals surface area contributed by atoms with E-state index in [1.54, 1.807) is 12.1 Å². The Labute approximate surface area is 180 Å². The van der Waals surface area contributed by atoms with Gasteiger partial charge in [-0.15, -0.1) is 0 Å². The number of carbonyl (C=O) groups excluding carboxylic acids is 1. The third-order valence-electron chi connectivity index (χ3n) is 5.17. The number of nitrogens with one attached hydrogen (secondary N) is 1. The number of aryl methyl sites for hydroxylation is 2. The van der Waals surface area contributed by atoms with E-state index in [-0.39, 0.29) is 24.9 Å². The summed E-state index contributed by atoms with van der Waals surface area (Å²) >= 11 is 0. The normalized spacial score (nSPS) is 10.9. The number of imidazole rings is 1. The summed E-state index contributed by atoms with van der Waals surface area (Å²) in [4.78, 5) is 17.0. The number of amides is 1. The van der Waals surface area contributed by atoms with Crippen molar-refractivity contribution in [3.05, 3.63) is 95.1 Å². The molecule has 6 heteroatoms. The van der Waals surface area contributed by atoms with Crippen LogP contribution in [-0.2, 0) is 17.9 Å². The summed E-state index contributed by atoms with van der Waals surface area (Å²) < 4.78 is 21.8. The highest BCUT2D eigenvalue weighted by atomic mass is 19.1. The third-order valence-corrected chi connectivity index (χ3v) is 5.17. The van der Waals surface area contributed by atoms with Gasteiger partial charge in [0.2, 0.25) is 0 Å². The lowest BCUT2D eigenvalue weighted by atomic mass is 10.1. The first kappa shape index (κ1) is 20.6. The molecule has 0 saturated heterocycles. The highest BCUT2D eigenvalue weighted by Gasteiger charge is 2.14. The number of nitrogens with zero attached hydrogens (tertiary/aromatic N) is 2. The maximum absolute atomic E-state index is 14.2. The quantitative estimate of drug-likeness (QED) is 0.480. The smallest absolute Gasteiger partial charge is 0.258 e. The predicted molar refractivity (Wildman–Crippen MR) is 118 cm³/mol. The fourth-order valence-electron chi connectivity index (χ4n) is 3.47. The second kappa shape index (κ2) is 9.00. The van der Waals surface area contributed by atoms with E-state index in [1.165, 1.54) is 6.07 Å². The zero-order valence-electron chi connectivity index (χ0n) is 17.6. The number of ether oxygens (including phenoxy) is 1. The van der Waals surface area contributed by atoms with E-state index >= 15 is 0 Å². The minimum absolute atomic E-state index is 0.0855. The average Bonchev–Trinajstić information content (AvgIpc) is 3.12. The summed E-state index contributed by atoms with van der Waals surface area (Å²) in [6.07, 6.45) is 0. The van der Waals surface area contributed by atoms with Gasteiger partial charge in [-0.25, -0.2) is 9.37 Å². The van der Waals surface area contributed by atoms with Crippen molar-refractivity contribution in [1.82, 2.24) is 14.9 Å². The van der Waals surface area contributed by atoms with Crippen molar-refractivity contribution < 1.29 is 13.9 Å². The molecule has 0 atom stereocenters. The first-order valence-electron chi connectivity index (χ1n) is 10.2. The number of benzene rings is 3. The monoisotopic (exact) mass is 417 g/mol. The van der Waals surface area contributed by atoms with E-state index in [1.807, 2.05) is 66.9 Å². The number of halogens is 1. The van der Waals surface area contributed by atoms with Gasteiger partial charge in [-0.1, -0.05) is 42.5 Å². The molecule has 1 N–H and O–H groups in total. The summed E-state index contributed by atoms with van der Waals surface area (Å²) in [5.74, 6) is 0.842. The first-order chi connectivity index (χ1) is 15.0. The SMILES string of the molecule is Cc1ccc(C)c(OCC(=O)NCc2nc3ccccc3n2Cc2ccccc2F)c1. The molecule has 5 nitrogen and oxygen atoms in total. The molecule has 0 aliphatic rings. The van der Waals surface area contributed by atoms with E-state index in [0.717, 1.165) is 22.2 Å². The van der Waals surface area contributed by atoms with E-state index in [0.29, 0.717) is 23.7 Å². The minimum atomic E-state index is -0.266. The molecule has 3 aromatic carbocycles. The van der Waals surface area contributed by atoms with Crippen LogP contribution in [0.5, 0.6) is 5.75 Å². The van der Waals surface area contributed by atoms with E-state index < -0.39 is 0 Å². The van der Waals surface area contributed by atoms with Gasteiger partial charge in [0.25, 0.3) is 5.91 Å². The van der Waals surface area contributed by atoms with Crippen molar-refractivity contribution in [3.63, 3.8) is 0 Å². The number of hydrogen-bond donors (Lipinski definition) is 1. The fourth-order valence-corrected chi connectivity index (χ4v) is 3.47. The van der Waals surface area contributed by atoms with Crippen molar-refractivity contribution in [1.29, 1.82) is 0 Å². The molecule has 1 aromatic heterocycles. The summed E-state index contributed by atoms with van der Waals surface area (Å²) in [5, 5.41) is 2.86. The Balaban J connectivity index is 1.48. The topological polar surface area (TPSA) is 56.1 Å². The molecule has 4 rings (SSSR count). The lowest BCUT2D eigenvalue weighted by Gasteiger charge is -2.12. The van der Waals surface area contributed by atoms with Gasteiger partial charge < -0.3 is 14.6 Å². The molecule has 1 heterocycles. The Morgan fingerprint density at radius 2 is 1.84 bits per heavy atom. The minimum Gasteiger partial charge on any atom is -0.483 e. The van der Waals surface area contributed by atoms with Gasteiger partial charge in [-0.3, -0.25) is 4.79 Å². The first-order valence-corrected chi connectivity index (χ1v) is 10.2. The lowest BCUT2D eigenvalue weighted by Crippen LogP contribution is -2.29. The molecule has 0 radical (unpaired) electrons. The molecule has 1 amide bonds. The maximum Gasteiger partial charge on any atom is 0.258 e. The molecule has 4 aromatic rings. The summed E-state index contributed by atoms with van der Waals surface area (Å²) in [6, 6.07) is 20.2. The molecular weight excluding hydrogens is 393 g/mol. The number of carbonyl (C=O) groups is 1. The summed E-state index contributed by atoms with van der Waals surface area (Å²) in [6.45, 7) is 4.39. The molecular formula is C25H24FN3O2. The highest BCUT2D eigenvalue weighted by molar-refractivity contribution is 5.78. The Morgan fingerprint density at radius 3 is 2.68 bits per heavy atom. The van der Waals surface area contributed by atoms with Crippen LogP contribution in [-0.4, -0.2) is 22.1 Å². The van der Waals surface area contributed by atoms with Crippen molar-refractivity contribution in [3.8, 4) is 5.75 Å². The Morgan fingerprint density at radius 1 is 1.06 bits per heavy atom. The van der Waals surface area contributed by atoms with Crippen LogP contribution in [0.1, 0.15) is 22.5 Å². The van der Waals surface area contributed by atoms with Crippen molar-refractivity contribution in [2.24, 2.45) is 0 Å². The number of hydrogen-bond acceptors (Lipinski definition) is 3. The van der Waals surface area contributed by atoms with Gasteiger partial charge in [0, 0.05) is 5.56 Å². The van der Waals surface area contributed by atoms with Gasteiger partial charge in [-0.05, 0) is 49.2 Å². The number of rotatable bonds is 7. The van der Waals surface area contributed by atoms with Crippen molar-refractivity contribution in [2.75, 3.05) is 6.61 Å². The summed E-state index contributed by atoms with van der Waals surface area (Å²) in [7, 11) is 0. The number of fused-ring (bicyclic) bond motifs is 1. The number of aromatic nitrogens is 2.